The quantitative estimate of drug-likeness (QED) is 0.767. The van der Waals surface area contributed by atoms with Gasteiger partial charge in [-0.3, -0.25) is 0 Å². The summed E-state index contributed by atoms with van der Waals surface area (Å²) in [5.41, 5.74) is 1.14. The molecule has 2 unspecified atom stereocenters. The fourth-order valence-corrected chi connectivity index (χ4v) is 3.33. The third kappa shape index (κ3) is 4.89. The van der Waals surface area contributed by atoms with Crippen LogP contribution in [0.2, 0.25) is 0 Å². The summed E-state index contributed by atoms with van der Waals surface area (Å²) in [7, 11) is -3.26. The molecule has 0 aliphatic heterocycles. The van der Waals surface area contributed by atoms with Gasteiger partial charge in [0, 0.05) is 18.6 Å². The average Bonchev–Trinajstić information content (AvgIpc) is 3.20. The summed E-state index contributed by atoms with van der Waals surface area (Å²) in [6.45, 7) is 4.19. The highest BCUT2D eigenvalue weighted by Crippen LogP contribution is 2.18. The van der Waals surface area contributed by atoms with Gasteiger partial charge in [-0.15, -0.1) is 0 Å². The van der Waals surface area contributed by atoms with Crippen LogP contribution < -0.4 is 10.0 Å². The van der Waals surface area contributed by atoms with E-state index in [4.69, 9.17) is 0 Å². The minimum atomic E-state index is -3.26. The van der Waals surface area contributed by atoms with Gasteiger partial charge in [0.2, 0.25) is 10.0 Å². The Morgan fingerprint density at radius 3 is 2.45 bits per heavy atom. The van der Waals surface area contributed by atoms with Crippen LogP contribution in [0.15, 0.2) is 30.3 Å². The molecule has 0 heterocycles. The summed E-state index contributed by atoms with van der Waals surface area (Å²) in [6, 6.07) is 10.4. The number of sulfonamides is 1. The van der Waals surface area contributed by atoms with Gasteiger partial charge in [0.1, 0.15) is 0 Å². The van der Waals surface area contributed by atoms with E-state index in [1.807, 2.05) is 37.3 Å². The molecule has 0 bridgehead atoms. The van der Waals surface area contributed by atoms with Crippen molar-refractivity contribution in [2.45, 2.75) is 50.4 Å². The SMILES string of the molecule is CC(Cc1ccccc1)NS(=O)(=O)C(C)CNC1CC1. The molecule has 1 aromatic rings. The molecule has 2 rings (SSSR count). The zero-order valence-corrected chi connectivity index (χ0v) is 13.0. The Kier molecular flexibility index (Phi) is 5.18. The molecule has 1 aromatic carbocycles. The predicted molar refractivity (Wildman–Crippen MR) is 82.2 cm³/mol. The lowest BCUT2D eigenvalue weighted by Crippen LogP contribution is -2.43. The first kappa shape index (κ1) is 15.5. The Bertz CT molecular complexity index is 512. The van der Waals surface area contributed by atoms with Crippen LogP contribution in [0, 0.1) is 0 Å². The van der Waals surface area contributed by atoms with Crippen LogP contribution in [0.3, 0.4) is 0 Å². The summed E-state index contributed by atoms with van der Waals surface area (Å²) in [6.07, 6.45) is 3.05. The van der Waals surface area contributed by atoms with Crippen LogP contribution in [0.25, 0.3) is 0 Å². The van der Waals surface area contributed by atoms with Crippen molar-refractivity contribution in [1.82, 2.24) is 10.0 Å². The topological polar surface area (TPSA) is 58.2 Å². The van der Waals surface area contributed by atoms with Crippen molar-refractivity contribution >= 4 is 10.0 Å². The third-order valence-electron chi connectivity index (χ3n) is 3.55. The van der Waals surface area contributed by atoms with Gasteiger partial charge < -0.3 is 5.32 Å². The van der Waals surface area contributed by atoms with Gasteiger partial charge in [-0.2, -0.15) is 0 Å². The van der Waals surface area contributed by atoms with Crippen LogP contribution in [-0.4, -0.2) is 32.3 Å². The molecule has 4 nitrogen and oxygen atoms in total. The normalized spacial score (nSPS) is 18.7. The van der Waals surface area contributed by atoms with E-state index in [-0.39, 0.29) is 6.04 Å². The Balaban J connectivity index is 1.83. The van der Waals surface area contributed by atoms with Crippen molar-refractivity contribution in [3.63, 3.8) is 0 Å². The van der Waals surface area contributed by atoms with Gasteiger partial charge in [-0.1, -0.05) is 30.3 Å². The molecule has 0 aromatic heterocycles. The maximum Gasteiger partial charge on any atom is 0.215 e. The van der Waals surface area contributed by atoms with E-state index in [1.165, 1.54) is 12.8 Å². The van der Waals surface area contributed by atoms with Gasteiger partial charge in [0.05, 0.1) is 5.25 Å². The van der Waals surface area contributed by atoms with Crippen LogP contribution in [0.5, 0.6) is 0 Å². The van der Waals surface area contributed by atoms with Crippen molar-refractivity contribution in [2.24, 2.45) is 0 Å². The van der Waals surface area contributed by atoms with Crippen molar-refractivity contribution in [2.75, 3.05) is 6.54 Å². The first-order valence-electron chi connectivity index (χ1n) is 7.26. The van der Waals surface area contributed by atoms with Gasteiger partial charge in [-0.25, -0.2) is 13.1 Å². The first-order chi connectivity index (χ1) is 9.47. The van der Waals surface area contributed by atoms with E-state index in [9.17, 15) is 8.42 Å². The lowest BCUT2D eigenvalue weighted by molar-refractivity contribution is 0.539. The van der Waals surface area contributed by atoms with Crippen molar-refractivity contribution in [3.05, 3.63) is 35.9 Å². The molecule has 1 fully saturated rings. The molecule has 0 saturated heterocycles. The first-order valence-corrected chi connectivity index (χ1v) is 8.80. The second-order valence-electron chi connectivity index (χ2n) is 5.75. The molecular weight excluding hydrogens is 272 g/mol. The Morgan fingerprint density at radius 1 is 1.20 bits per heavy atom. The molecule has 1 aliphatic rings. The molecule has 1 saturated carbocycles. The molecule has 1 aliphatic carbocycles. The molecule has 5 heteroatoms. The van der Waals surface area contributed by atoms with Gasteiger partial charge in [0.15, 0.2) is 0 Å². The van der Waals surface area contributed by atoms with Crippen LogP contribution in [0.4, 0.5) is 0 Å². The maximum atomic E-state index is 12.2. The monoisotopic (exact) mass is 296 g/mol. The molecule has 0 spiro atoms. The summed E-state index contributed by atoms with van der Waals surface area (Å²) < 4.78 is 27.2. The number of nitrogens with one attached hydrogen (secondary N) is 2. The standard InChI is InChI=1S/C15H24N2O2S/c1-12(10-14-6-4-3-5-7-14)17-20(18,19)13(2)11-16-15-8-9-15/h3-7,12-13,15-17H,8-11H2,1-2H3. The van der Waals surface area contributed by atoms with E-state index in [1.54, 1.807) is 6.92 Å². The zero-order chi connectivity index (χ0) is 14.6. The lowest BCUT2D eigenvalue weighted by Gasteiger charge is -2.19. The molecule has 20 heavy (non-hydrogen) atoms. The number of benzene rings is 1. The third-order valence-corrected chi connectivity index (χ3v) is 5.51. The number of hydrogen-bond donors (Lipinski definition) is 2. The van der Waals surface area contributed by atoms with E-state index < -0.39 is 15.3 Å². The van der Waals surface area contributed by atoms with E-state index in [0.29, 0.717) is 19.0 Å². The largest absolute Gasteiger partial charge is 0.313 e. The molecule has 0 amide bonds. The van der Waals surface area contributed by atoms with Crippen molar-refractivity contribution in [3.8, 4) is 0 Å². The molecule has 112 valence electrons. The number of rotatable bonds is 8. The number of hydrogen-bond acceptors (Lipinski definition) is 3. The minimum absolute atomic E-state index is 0.0919. The highest BCUT2D eigenvalue weighted by Gasteiger charge is 2.26. The molecule has 2 N–H and O–H groups in total. The molecular formula is C15H24N2O2S. The Labute approximate surface area is 122 Å². The smallest absolute Gasteiger partial charge is 0.215 e. The van der Waals surface area contributed by atoms with Gasteiger partial charge in [-0.05, 0) is 38.7 Å². The van der Waals surface area contributed by atoms with Crippen LogP contribution in [-0.2, 0) is 16.4 Å². The summed E-state index contributed by atoms with van der Waals surface area (Å²) in [4.78, 5) is 0. The van der Waals surface area contributed by atoms with Crippen LogP contribution in [0.1, 0.15) is 32.3 Å². The average molecular weight is 296 g/mol. The van der Waals surface area contributed by atoms with Crippen molar-refractivity contribution in [1.29, 1.82) is 0 Å². The van der Waals surface area contributed by atoms with Gasteiger partial charge >= 0.3 is 0 Å². The second-order valence-corrected chi connectivity index (χ2v) is 7.88. The van der Waals surface area contributed by atoms with E-state index in [0.717, 1.165) is 5.56 Å². The Morgan fingerprint density at radius 2 is 1.85 bits per heavy atom. The summed E-state index contributed by atoms with van der Waals surface area (Å²) >= 11 is 0. The van der Waals surface area contributed by atoms with Crippen LogP contribution >= 0.6 is 0 Å². The predicted octanol–water partition coefficient (Wildman–Crippen LogP) is 1.68. The zero-order valence-electron chi connectivity index (χ0n) is 12.2. The minimum Gasteiger partial charge on any atom is -0.313 e. The fraction of sp³-hybridized carbons (Fsp3) is 0.600. The summed E-state index contributed by atoms with van der Waals surface area (Å²) in [5.74, 6) is 0. The Hall–Kier alpha value is -0.910. The second kappa shape index (κ2) is 6.70. The maximum absolute atomic E-state index is 12.2. The van der Waals surface area contributed by atoms with E-state index >= 15 is 0 Å². The highest BCUT2D eigenvalue weighted by molar-refractivity contribution is 7.90. The van der Waals surface area contributed by atoms with Gasteiger partial charge in [0.25, 0.3) is 0 Å². The molecule has 2 atom stereocenters. The molecule has 0 radical (unpaired) electrons. The lowest BCUT2D eigenvalue weighted by atomic mass is 10.1. The summed E-state index contributed by atoms with van der Waals surface area (Å²) in [5, 5.41) is 2.86. The fourth-order valence-electron chi connectivity index (χ4n) is 2.14. The van der Waals surface area contributed by atoms with E-state index in [2.05, 4.69) is 10.0 Å². The van der Waals surface area contributed by atoms with Crippen molar-refractivity contribution < 1.29 is 8.42 Å². The highest BCUT2D eigenvalue weighted by atomic mass is 32.2.